The first kappa shape index (κ1) is 20.5. The summed E-state index contributed by atoms with van der Waals surface area (Å²) in [6, 6.07) is 12.0. The summed E-state index contributed by atoms with van der Waals surface area (Å²) in [6.07, 6.45) is 1.64. The van der Waals surface area contributed by atoms with E-state index in [1.54, 1.807) is 19.2 Å². The third-order valence-corrected chi connectivity index (χ3v) is 4.12. The van der Waals surface area contributed by atoms with E-state index in [1.807, 2.05) is 31.2 Å². The summed E-state index contributed by atoms with van der Waals surface area (Å²) >= 11 is 1.25. The Morgan fingerprint density at radius 3 is 2.85 bits per heavy atom. The highest BCUT2D eigenvalue weighted by Gasteiger charge is 2.15. The molecule has 2 rings (SSSR count). The predicted octanol–water partition coefficient (Wildman–Crippen LogP) is 4.67. The van der Waals surface area contributed by atoms with E-state index in [2.05, 4.69) is 15.2 Å². The van der Waals surface area contributed by atoms with Crippen molar-refractivity contribution in [2.75, 3.05) is 19.0 Å². The molecule has 5 nitrogen and oxygen atoms in total. The van der Waals surface area contributed by atoms with Crippen molar-refractivity contribution in [2.45, 2.75) is 12.7 Å². The number of nitrogens with two attached hydrogens (primary N) is 1. The fourth-order valence-electron chi connectivity index (χ4n) is 2.46. The summed E-state index contributed by atoms with van der Waals surface area (Å²) in [5, 5.41) is 8.66. The van der Waals surface area contributed by atoms with Crippen molar-refractivity contribution in [2.24, 2.45) is 10.1 Å². The second-order valence-electron chi connectivity index (χ2n) is 5.48. The average Bonchev–Trinajstić information content (AvgIpc) is 2.67. The third-order valence-electron chi connectivity index (χ3n) is 3.62. The van der Waals surface area contributed by atoms with Gasteiger partial charge in [-0.2, -0.15) is 4.85 Å². The monoisotopic (exact) mass is 385 g/mol. The Labute approximate surface area is 163 Å². The van der Waals surface area contributed by atoms with Gasteiger partial charge in [0.25, 0.3) is 0 Å². The molecule has 0 radical (unpaired) electrons. The molecule has 3 N–H and O–H groups in total. The van der Waals surface area contributed by atoms with Crippen LogP contribution in [0, 0.1) is 12.4 Å². The predicted molar refractivity (Wildman–Crippen MR) is 112 cm³/mol. The van der Waals surface area contributed by atoms with Crippen molar-refractivity contribution in [1.82, 2.24) is 0 Å². The third kappa shape index (κ3) is 5.84. The van der Waals surface area contributed by atoms with Crippen LogP contribution in [-0.2, 0) is 5.75 Å². The standard InChI is InChI=1S/C20H22FN4OS/c1-4-26-19-9-8-15(21)11-17(19)18(23-2)12-20(24-3)25-16-7-5-6-14(10-16)13-27-22/h3,5-12,25H,4,13,22H2,1-2H3/q+1/b20-12+,23-18?. The van der Waals surface area contributed by atoms with Gasteiger partial charge in [-0.25, -0.2) is 9.71 Å². The van der Waals surface area contributed by atoms with Gasteiger partial charge in [-0.1, -0.05) is 24.1 Å². The second-order valence-corrected chi connectivity index (χ2v) is 6.10. The molecule has 0 bridgehead atoms. The maximum Gasteiger partial charge on any atom is 0.385 e. The minimum absolute atomic E-state index is 0.375. The average molecular weight is 385 g/mol. The molecule has 0 fully saturated rings. The van der Waals surface area contributed by atoms with Crippen molar-refractivity contribution >= 4 is 23.3 Å². The second kappa shape index (κ2) is 10.4. The smallest absolute Gasteiger partial charge is 0.385 e. The van der Waals surface area contributed by atoms with Gasteiger partial charge in [0.15, 0.2) is 0 Å². The van der Waals surface area contributed by atoms with E-state index in [-0.39, 0.29) is 5.82 Å². The summed E-state index contributed by atoms with van der Waals surface area (Å²) in [7, 11) is 1.61. The first-order chi connectivity index (χ1) is 13.1. The summed E-state index contributed by atoms with van der Waals surface area (Å²) in [5.74, 6) is 1.22. The summed E-state index contributed by atoms with van der Waals surface area (Å²) in [5.41, 5.74) is 2.89. The van der Waals surface area contributed by atoms with Gasteiger partial charge in [-0.05, 0) is 42.8 Å². The molecule has 27 heavy (non-hydrogen) atoms. The number of benzene rings is 2. The highest BCUT2D eigenvalue weighted by Crippen LogP contribution is 2.23. The molecular weight excluding hydrogens is 363 g/mol. The normalized spacial score (nSPS) is 11.8. The Bertz CT molecular complexity index is 890. The van der Waals surface area contributed by atoms with Crippen LogP contribution in [0.15, 0.2) is 59.4 Å². The lowest BCUT2D eigenvalue weighted by Crippen LogP contribution is -2.06. The molecule has 0 saturated carbocycles. The van der Waals surface area contributed by atoms with Crippen molar-refractivity contribution in [3.05, 3.63) is 76.2 Å². The lowest BCUT2D eigenvalue weighted by molar-refractivity contribution is 0.339. The highest BCUT2D eigenvalue weighted by atomic mass is 32.2. The molecule has 0 aromatic heterocycles. The summed E-state index contributed by atoms with van der Waals surface area (Å²) in [4.78, 5) is 8.01. The SMILES string of the molecule is C#[N+]/C(=C\C(=NC)c1cc(F)ccc1OCC)Nc1cccc(CSN)c1. The first-order valence-corrected chi connectivity index (χ1v) is 9.35. The van der Waals surface area contributed by atoms with Gasteiger partial charge < -0.3 is 4.74 Å². The number of allylic oxidation sites excluding steroid dienone is 1. The van der Waals surface area contributed by atoms with Crippen molar-refractivity contribution in [3.8, 4) is 12.3 Å². The van der Waals surface area contributed by atoms with Crippen LogP contribution >= 0.6 is 11.9 Å². The van der Waals surface area contributed by atoms with E-state index in [9.17, 15) is 4.39 Å². The number of nitrogens with zero attached hydrogens (tertiary/aromatic N) is 2. The number of hydrogen-bond donors (Lipinski definition) is 2. The van der Waals surface area contributed by atoms with Crippen LogP contribution in [0.1, 0.15) is 18.1 Å². The van der Waals surface area contributed by atoms with Gasteiger partial charge in [0.1, 0.15) is 23.8 Å². The summed E-state index contributed by atoms with van der Waals surface area (Å²) < 4.78 is 19.3. The fraction of sp³-hybridized carbons (Fsp3) is 0.200. The zero-order valence-electron chi connectivity index (χ0n) is 15.3. The van der Waals surface area contributed by atoms with Crippen molar-refractivity contribution in [3.63, 3.8) is 0 Å². The Hall–Kier alpha value is -2.82. The number of rotatable bonds is 8. The van der Waals surface area contributed by atoms with Crippen LogP contribution in [-0.4, -0.2) is 19.4 Å². The maximum atomic E-state index is 13.8. The highest BCUT2D eigenvalue weighted by molar-refractivity contribution is 7.96. The van der Waals surface area contributed by atoms with Gasteiger partial charge in [-0.15, -0.1) is 0 Å². The van der Waals surface area contributed by atoms with E-state index >= 15 is 0 Å². The number of hydrogen-bond acceptors (Lipinski definition) is 5. The topological polar surface area (TPSA) is 64.0 Å². The van der Waals surface area contributed by atoms with Crippen LogP contribution in [0.25, 0.3) is 4.85 Å². The van der Waals surface area contributed by atoms with Crippen LogP contribution < -0.4 is 15.2 Å². The number of nitrogens with one attached hydrogen (secondary N) is 1. The molecule has 2 aromatic carbocycles. The molecule has 0 spiro atoms. The zero-order valence-corrected chi connectivity index (χ0v) is 16.1. The Morgan fingerprint density at radius 1 is 1.37 bits per heavy atom. The molecule has 0 unspecified atom stereocenters. The minimum Gasteiger partial charge on any atom is -0.493 e. The van der Waals surface area contributed by atoms with E-state index in [4.69, 9.17) is 16.4 Å². The minimum atomic E-state index is -0.380. The largest absolute Gasteiger partial charge is 0.493 e. The number of aliphatic imine (C=N–C) groups is 1. The molecule has 0 atom stereocenters. The molecule has 7 heteroatoms. The fourth-order valence-corrected chi connectivity index (χ4v) is 2.84. The number of halogens is 1. The zero-order chi connectivity index (χ0) is 19.6. The van der Waals surface area contributed by atoms with E-state index in [0.29, 0.717) is 35.2 Å². The van der Waals surface area contributed by atoms with E-state index < -0.39 is 0 Å². The molecule has 0 heterocycles. The van der Waals surface area contributed by atoms with Crippen LogP contribution in [0.2, 0.25) is 0 Å². The van der Waals surface area contributed by atoms with E-state index in [0.717, 1.165) is 11.3 Å². The molecule has 0 aliphatic heterocycles. The maximum absolute atomic E-state index is 13.8. The lowest BCUT2D eigenvalue weighted by Gasteiger charge is -2.10. The van der Waals surface area contributed by atoms with Gasteiger partial charge in [0.05, 0.1) is 18.4 Å². The van der Waals surface area contributed by atoms with Crippen molar-refractivity contribution in [1.29, 1.82) is 0 Å². The Morgan fingerprint density at radius 2 is 2.19 bits per heavy atom. The van der Waals surface area contributed by atoms with Crippen LogP contribution in [0.3, 0.4) is 0 Å². The molecule has 0 amide bonds. The van der Waals surface area contributed by atoms with E-state index in [1.165, 1.54) is 24.1 Å². The molecule has 140 valence electrons. The molecule has 0 aliphatic carbocycles. The quantitative estimate of drug-likeness (QED) is 0.512. The van der Waals surface area contributed by atoms with Gasteiger partial charge in [0.2, 0.25) is 0 Å². The van der Waals surface area contributed by atoms with Crippen LogP contribution in [0.5, 0.6) is 5.75 Å². The number of anilines is 1. The number of ether oxygens (including phenoxy) is 1. The van der Waals surface area contributed by atoms with Crippen LogP contribution in [0.4, 0.5) is 10.1 Å². The molecule has 0 saturated heterocycles. The molecule has 2 aromatic rings. The van der Waals surface area contributed by atoms with Gasteiger partial charge in [0, 0.05) is 18.4 Å². The molecular formula is C20H22FN4OS+. The van der Waals surface area contributed by atoms with Crippen molar-refractivity contribution < 1.29 is 9.13 Å². The van der Waals surface area contributed by atoms with Gasteiger partial charge >= 0.3 is 5.82 Å². The Balaban J connectivity index is 2.34. The summed E-state index contributed by atoms with van der Waals surface area (Å²) in [6.45, 7) is 7.85. The molecule has 0 aliphatic rings. The Kier molecular flexibility index (Phi) is 7.86. The van der Waals surface area contributed by atoms with Gasteiger partial charge in [-0.3, -0.25) is 10.1 Å². The first-order valence-electron chi connectivity index (χ1n) is 8.31. The lowest BCUT2D eigenvalue weighted by atomic mass is 10.1.